The zero-order chi connectivity index (χ0) is 25.4. The third-order valence-electron chi connectivity index (χ3n) is 5.92. The van der Waals surface area contributed by atoms with E-state index in [9.17, 15) is 4.79 Å². The molecule has 8 heteroatoms. The number of nitrogens with zero attached hydrogens (tertiary/aromatic N) is 5. The Morgan fingerprint density at radius 1 is 1.06 bits per heavy atom. The molecule has 1 saturated heterocycles. The Morgan fingerprint density at radius 3 is 2.31 bits per heavy atom. The Balaban J connectivity index is 1.32. The molecule has 4 heterocycles. The average Bonchev–Trinajstić information content (AvgIpc) is 2.82. The lowest BCUT2D eigenvalue weighted by Gasteiger charge is -2.40. The predicted octanol–water partition coefficient (Wildman–Crippen LogP) is 4.50. The van der Waals surface area contributed by atoms with Crippen molar-refractivity contribution < 1.29 is 14.3 Å². The highest BCUT2D eigenvalue weighted by Gasteiger charge is 2.35. The van der Waals surface area contributed by atoms with Gasteiger partial charge in [0.2, 0.25) is 0 Å². The molecule has 0 spiro atoms. The van der Waals surface area contributed by atoms with Gasteiger partial charge in [0.25, 0.3) is 0 Å². The molecule has 3 aromatic rings. The van der Waals surface area contributed by atoms with Crippen LogP contribution in [0.5, 0.6) is 5.75 Å². The van der Waals surface area contributed by atoms with E-state index in [4.69, 9.17) is 9.47 Å². The number of pyridine rings is 3. The van der Waals surface area contributed by atoms with Gasteiger partial charge in [0.15, 0.2) is 0 Å². The fraction of sp³-hybridized carbons (Fsp3) is 0.429. The van der Waals surface area contributed by atoms with Gasteiger partial charge in [-0.15, -0.1) is 0 Å². The van der Waals surface area contributed by atoms with Gasteiger partial charge in [-0.3, -0.25) is 19.9 Å². The van der Waals surface area contributed by atoms with Crippen LogP contribution in [0.1, 0.15) is 44.1 Å². The lowest BCUT2D eigenvalue weighted by Crippen LogP contribution is -2.55. The van der Waals surface area contributed by atoms with E-state index in [1.165, 1.54) is 0 Å². The third-order valence-corrected chi connectivity index (χ3v) is 5.92. The number of carbonyl (C=O) groups is 1. The summed E-state index contributed by atoms with van der Waals surface area (Å²) in [6.07, 6.45) is 8.69. The number of rotatable bonds is 10. The molecule has 1 fully saturated rings. The quantitative estimate of drug-likeness (QED) is 0.415. The molecule has 1 aliphatic heterocycles. The van der Waals surface area contributed by atoms with Crippen LogP contribution >= 0.6 is 0 Å². The van der Waals surface area contributed by atoms with Gasteiger partial charge in [-0.25, -0.2) is 4.79 Å². The van der Waals surface area contributed by atoms with Gasteiger partial charge >= 0.3 is 6.09 Å². The topological polar surface area (TPSA) is 80.7 Å². The van der Waals surface area contributed by atoms with E-state index in [-0.39, 0.29) is 12.1 Å². The molecule has 1 atom stereocenters. The fourth-order valence-electron chi connectivity index (χ4n) is 3.99. The first kappa shape index (κ1) is 25.6. The number of aromatic nitrogens is 3. The first-order chi connectivity index (χ1) is 17.4. The maximum absolute atomic E-state index is 12.4. The molecular formula is C28H35N5O3. The second-order valence-electron chi connectivity index (χ2n) is 10.1. The van der Waals surface area contributed by atoms with Crippen LogP contribution in [0.15, 0.2) is 67.3 Å². The van der Waals surface area contributed by atoms with E-state index >= 15 is 0 Å². The van der Waals surface area contributed by atoms with Crippen LogP contribution in [-0.4, -0.2) is 62.2 Å². The highest BCUT2D eigenvalue weighted by molar-refractivity contribution is 5.69. The van der Waals surface area contributed by atoms with Crippen molar-refractivity contribution in [3.05, 3.63) is 84.2 Å². The minimum Gasteiger partial charge on any atom is -0.490 e. The van der Waals surface area contributed by atoms with Crippen molar-refractivity contribution >= 4 is 6.09 Å². The number of hydrogen-bond acceptors (Lipinski definition) is 7. The van der Waals surface area contributed by atoms with Gasteiger partial charge in [-0.1, -0.05) is 12.1 Å². The molecule has 1 amide bonds. The van der Waals surface area contributed by atoms with Gasteiger partial charge in [0, 0.05) is 44.8 Å². The van der Waals surface area contributed by atoms with Crippen molar-refractivity contribution in [3.63, 3.8) is 0 Å². The van der Waals surface area contributed by atoms with Crippen LogP contribution in [0.25, 0.3) is 0 Å². The second-order valence-corrected chi connectivity index (χ2v) is 10.1. The smallest absolute Gasteiger partial charge is 0.410 e. The van der Waals surface area contributed by atoms with Crippen molar-refractivity contribution in [3.8, 4) is 5.75 Å². The number of ether oxygens (including phenoxy) is 2. The van der Waals surface area contributed by atoms with Crippen LogP contribution in [0.2, 0.25) is 0 Å². The Labute approximate surface area is 213 Å². The van der Waals surface area contributed by atoms with Crippen LogP contribution in [0, 0.1) is 0 Å². The summed E-state index contributed by atoms with van der Waals surface area (Å²) in [5.74, 6) is 0.713. The normalized spacial score (nSPS) is 15.4. The Kier molecular flexibility index (Phi) is 8.48. The van der Waals surface area contributed by atoms with Gasteiger partial charge < -0.3 is 14.4 Å². The number of carbonyl (C=O) groups excluding carboxylic acids is 1. The third kappa shape index (κ3) is 7.75. The molecule has 0 saturated carbocycles. The molecule has 0 aromatic carbocycles. The molecule has 36 heavy (non-hydrogen) atoms. The monoisotopic (exact) mass is 489 g/mol. The fourth-order valence-corrected chi connectivity index (χ4v) is 3.99. The summed E-state index contributed by atoms with van der Waals surface area (Å²) in [6.45, 7) is 9.06. The molecule has 0 aliphatic carbocycles. The predicted molar refractivity (Wildman–Crippen MR) is 137 cm³/mol. The lowest BCUT2D eigenvalue weighted by atomic mass is 10.1. The summed E-state index contributed by atoms with van der Waals surface area (Å²) in [4.78, 5) is 29.8. The molecule has 8 nitrogen and oxygen atoms in total. The summed E-state index contributed by atoms with van der Waals surface area (Å²) in [5, 5.41) is 0. The van der Waals surface area contributed by atoms with Gasteiger partial charge in [-0.2, -0.15) is 0 Å². The van der Waals surface area contributed by atoms with Crippen molar-refractivity contribution in [2.24, 2.45) is 0 Å². The molecule has 0 bridgehead atoms. The van der Waals surface area contributed by atoms with Crippen LogP contribution in [0.4, 0.5) is 4.79 Å². The maximum atomic E-state index is 12.4. The Hall–Kier alpha value is -3.52. The molecule has 0 radical (unpaired) electrons. The van der Waals surface area contributed by atoms with Crippen molar-refractivity contribution in [2.45, 2.75) is 58.3 Å². The molecule has 190 valence electrons. The summed E-state index contributed by atoms with van der Waals surface area (Å²) < 4.78 is 11.5. The van der Waals surface area contributed by atoms with Gasteiger partial charge in [0.05, 0.1) is 23.6 Å². The van der Waals surface area contributed by atoms with E-state index in [2.05, 4.69) is 19.9 Å². The van der Waals surface area contributed by atoms with Crippen molar-refractivity contribution in [2.75, 3.05) is 19.7 Å². The average molecular weight is 490 g/mol. The van der Waals surface area contributed by atoms with Crippen LogP contribution in [-0.2, 0) is 24.2 Å². The van der Waals surface area contributed by atoms with Crippen molar-refractivity contribution in [1.29, 1.82) is 0 Å². The first-order valence-electron chi connectivity index (χ1n) is 12.4. The standard InChI is InChI=1S/C28H35N5O3/c1-28(2,3)36-27(34)33-15-11-25(33)21-35-26-16-22(17-29-18-26)10-14-32(19-23-8-4-6-12-30-23)20-24-9-5-7-13-31-24/h4-9,12-13,16-18,25H,10-11,14-15,19-21H2,1-3H3/t25-/m0/s1. The highest BCUT2D eigenvalue weighted by Crippen LogP contribution is 2.23. The largest absolute Gasteiger partial charge is 0.490 e. The molecule has 0 N–H and O–H groups in total. The Bertz CT molecular complexity index is 1060. The van der Waals surface area contributed by atoms with E-state index in [0.29, 0.717) is 18.9 Å². The summed E-state index contributed by atoms with van der Waals surface area (Å²) in [6, 6.07) is 14.0. The van der Waals surface area contributed by atoms with Gasteiger partial charge in [0.1, 0.15) is 18.0 Å². The molecule has 4 rings (SSSR count). The zero-order valence-electron chi connectivity index (χ0n) is 21.3. The van der Waals surface area contributed by atoms with E-state index in [1.807, 2.05) is 81.8 Å². The second kappa shape index (κ2) is 11.9. The lowest BCUT2D eigenvalue weighted by molar-refractivity contribution is -0.0141. The number of likely N-dealkylation sites (tertiary alicyclic amines) is 1. The Morgan fingerprint density at radius 2 is 1.75 bits per heavy atom. The summed E-state index contributed by atoms with van der Waals surface area (Å²) in [7, 11) is 0. The maximum Gasteiger partial charge on any atom is 0.410 e. The molecular weight excluding hydrogens is 454 g/mol. The minimum atomic E-state index is -0.503. The SMILES string of the molecule is CC(C)(C)OC(=O)N1CC[C@H]1COc1cncc(CCN(Cc2ccccn2)Cc2ccccn2)c1. The van der Waals surface area contributed by atoms with Crippen molar-refractivity contribution in [1.82, 2.24) is 24.8 Å². The van der Waals surface area contributed by atoms with E-state index < -0.39 is 5.60 Å². The zero-order valence-corrected chi connectivity index (χ0v) is 21.3. The minimum absolute atomic E-state index is 0.0238. The molecule has 0 unspecified atom stereocenters. The number of amides is 1. The van der Waals surface area contributed by atoms with E-state index in [1.54, 1.807) is 11.1 Å². The van der Waals surface area contributed by atoms with Crippen LogP contribution < -0.4 is 4.74 Å². The van der Waals surface area contributed by atoms with Crippen LogP contribution in [0.3, 0.4) is 0 Å². The number of hydrogen-bond donors (Lipinski definition) is 0. The summed E-state index contributed by atoms with van der Waals surface area (Å²) >= 11 is 0. The highest BCUT2D eigenvalue weighted by atomic mass is 16.6. The molecule has 3 aromatic heterocycles. The first-order valence-corrected chi connectivity index (χ1v) is 12.4. The summed E-state index contributed by atoms with van der Waals surface area (Å²) in [5.41, 5.74) is 2.65. The van der Waals surface area contributed by atoms with Gasteiger partial charge in [-0.05, 0) is 69.5 Å². The molecule has 1 aliphatic rings. The van der Waals surface area contributed by atoms with E-state index in [0.717, 1.165) is 49.4 Å².